The average Bonchev–Trinajstić information content (AvgIpc) is 1.98. The Balaban J connectivity index is 3.05. The molecular formula is C7H3Br2F2IO. The van der Waals surface area contributed by atoms with E-state index in [0.29, 0.717) is 8.95 Å². The Hall–Kier alpha value is 0.570. The van der Waals surface area contributed by atoms with E-state index in [1.165, 1.54) is 6.07 Å². The van der Waals surface area contributed by atoms with E-state index in [4.69, 9.17) is 0 Å². The van der Waals surface area contributed by atoms with Gasteiger partial charge in [-0.15, -0.1) is 0 Å². The number of halogens is 5. The number of rotatable bonds is 2. The monoisotopic (exact) mass is 426 g/mol. The third kappa shape index (κ3) is 3.32. The standard InChI is InChI=1S/C7H3Br2F2IO/c8-3-1-4(12)6(9)5(2-3)13-7(10)11/h1-2,7H. The van der Waals surface area contributed by atoms with Crippen molar-refractivity contribution < 1.29 is 13.5 Å². The van der Waals surface area contributed by atoms with Gasteiger partial charge in [0.15, 0.2) is 0 Å². The van der Waals surface area contributed by atoms with Crippen molar-refractivity contribution in [3.05, 3.63) is 24.6 Å². The molecule has 0 saturated carbocycles. The summed E-state index contributed by atoms with van der Waals surface area (Å²) in [5.41, 5.74) is 0. The number of benzene rings is 1. The fraction of sp³-hybridized carbons (Fsp3) is 0.143. The lowest BCUT2D eigenvalue weighted by Crippen LogP contribution is -2.02. The molecule has 13 heavy (non-hydrogen) atoms. The molecular weight excluding hydrogens is 425 g/mol. The second-order valence-corrected chi connectivity index (χ2v) is 4.95. The van der Waals surface area contributed by atoms with Crippen molar-refractivity contribution in [3.8, 4) is 5.75 Å². The summed E-state index contributed by atoms with van der Waals surface area (Å²) in [5.74, 6) is 0.133. The second kappa shape index (κ2) is 4.88. The average molecular weight is 428 g/mol. The van der Waals surface area contributed by atoms with E-state index in [1.54, 1.807) is 6.07 Å². The topological polar surface area (TPSA) is 9.23 Å². The van der Waals surface area contributed by atoms with Crippen LogP contribution in [0.3, 0.4) is 0 Å². The maximum Gasteiger partial charge on any atom is 0.387 e. The van der Waals surface area contributed by atoms with E-state index >= 15 is 0 Å². The first-order valence-corrected chi connectivity index (χ1v) is 5.76. The van der Waals surface area contributed by atoms with Gasteiger partial charge in [-0.2, -0.15) is 8.78 Å². The Morgan fingerprint density at radius 1 is 1.31 bits per heavy atom. The third-order valence-corrected chi connectivity index (χ3v) is 4.04. The predicted molar refractivity (Wildman–Crippen MR) is 61.2 cm³/mol. The van der Waals surface area contributed by atoms with Gasteiger partial charge in [0.25, 0.3) is 0 Å². The molecule has 0 spiro atoms. The molecule has 0 heterocycles. The van der Waals surface area contributed by atoms with Crippen molar-refractivity contribution >= 4 is 54.5 Å². The molecule has 0 aliphatic heterocycles. The smallest absolute Gasteiger partial charge is 0.387 e. The second-order valence-electron chi connectivity index (χ2n) is 2.08. The zero-order chi connectivity index (χ0) is 10.0. The fourth-order valence-electron chi connectivity index (χ4n) is 0.714. The molecule has 6 heteroatoms. The normalized spacial score (nSPS) is 10.6. The Morgan fingerprint density at radius 3 is 2.46 bits per heavy atom. The molecule has 0 N–H and O–H groups in total. The minimum Gasteiger partial charge on any atom is -0.434 e. The molecule has 0 fully saturated rings. The first-order chi connectivity index (χ1) is 6.00. The maximum absolute atomic E-state index is 11.9. The van der Waals surface area contributed by atoms with Gasteiger partial charge in [-0.1, -0.05) is 15.9 Å². The molecule has 0 atom stereocenters. The molecule has 1 nitrogen and oxygen atoms in total. The molecule has 0 aromatic heterocycles. The quantitative estimate of drug-likeness (QED) is 0.501. The van der Waals surface area contributed by atoms with Gasteiger partial charge < -0.3 is 4.74 Å². The summed E-state index contributed by atoms with van der Waals surface area (Å²) < 4.78 is 30.1. The van der Waals surface area contributed by atoms with Crippen molar-refractivity contribution in [3.63, 3.8) is 0 Å². The highest BCUT2D eigenvalue weighted by Gasteiger charge is 2.11. The third-order valence-electron chi connectivity index (χ3n) is 1.18. The van der Waals surface area contributed by atoms with Crippen LogP contribution in [-0.2, 0) is 0 Å². The van der Waals surface area contributed by atoms with Crippen molar-refractivity contribution in [2.24, 2.45) is 0 Å². The first kappa shape index (κ1) is 11.6. The molecule has 0 bridgehead atoms. The summed E-state index contributed by atoms with van der Waals surface area (Å²) in [6.45, 7) is -2.80. The maximum atomic E-state index is 11.9. The van der Waals surface area contributed by atoms with Crippen LogP contribution in [0.5, 0.6) is 5.75 Å². The van der Waals surface area contributed by atoms with Crippen LogP contribution >= 0.6 is 54.5 Å². The van der Waals surface area contributed by atoms with Gasteiger partial charge in [-0.25, -0.2) is 0 Å². The van der Waals surface area contributed by atoms with Gasteiger partial charge in [-0.3, -0.25) is 0 Å². The Morgan fingerprint density at radius 2 is 1.92 bits per heavy atom. The van der Waals surface area contributed by atoms with E-state index in [-0.39, 0.29) is 5.75 Å². The lowest BCUT2D eigenvalue weighted by Gasteiger charge is -2.08. The van der Waals surface area contributed by atoms with Gasteiger partial charge in [-0.05, 0) is 50.7 Å². The molecule has 0 aliphatic carbocycles. The van der Waals surface area contributed by atoms with E-state index in [0.717, 1.165) is 3.57 Å². The first-order valence-electron chi connectivity index (χ1n) is 3.10. The summed E-state index contributed by atoms with van der Waals surface area (Å²) >= 11 is 8.36. The Kier molecular flexibility index (Phi) is 4.37. The van der Waals surface area contributed by atoms with Crippen LogP contribution in [0.4, 0.5) is 8.78 Å². The fourth-order valence-corrected chi connectivity index (χ4v) is 2.50. The summed E-state index contributed by atoms with van der Waals surface area (Å²) in [5, 5.41) is 0. The van der Waals surface area contributed by atoms with Crippen molar-refractivity contribution in [2.45, 2.75) is 6.61 Å². The molecule has 0 saturated heterocycles. The van der Waals surface area contributed by atoms with Gasteiger partial charge in [0.2, 0.25) is 0 Å². The Labute approximate surface area is 104 Å². The summed E-state index contributed by atoms with van der Waals surface area (Å²) in [7, 11) is 0. The van der Waals surface area contributed by atoms with Crippen molar-refractivity contribution in [1.29, 1.82) is 0 Å². The zero-order valence-corrected chi connectivity index (χ0v) is 11.4. The largest absolute Gasteiger partial charge is 0.434 e. The molecule has 1 aromatic rings. The van der Waals surface area contributed by atoms with E-state index in [2.05, 4.69) is 36.6 Å². The molecule has 0 amide bonds. The molecule has 0 radical (unpaired) electrons. The molecule has 1 rings (SSSR count). The predicted octanol–water partition coefficient (Wildman–Crippen LogP) is 4.42. The van der Waals surface area contributed by atoms with Crippen LogP contribution in [0, 0.1) is 3.57 Å². The lowest BCUT2D eigenvalue weighted by molar-refractivity contribution is -0.0504. The Bertz CT molecular complexity index is 320. The molecule has 1 aromatic carbocycles. The van der Waals surface area contributed by atoms with E-state index < -0.39 is 6.61 Å². The van der Waals surface area contributed by atoms with E-state index in [9.17, 15) is 8.78 Å². The minimum atomic E-state index is -2.80. The van der Waals surface area contributed by atoms with Crippen LogP contribution in [0.25, 0.3) is 0 Å². The van der Waals surface area contributed by atoms with Crippen molar-refractivity contribution in [1.82, 2.24) is 0 Å². The summed E-state index contributed by atoms with van der Waals surface area (Å²) in [4.78, 5) is 0. The highest BCUT2D eigenvalue weighted by Crippen LogP contribution is 2.34. The highest BCUT2D eigenvalue weighted by molar-refractivity contribution is 14.1. The molecule has 0 unspecified atom stereocenters. The number of hydrogen-bond acceptors (Lipinski definition) is 1. The van der Waals surface area contributed by atoms with Gasteiger partial charge in [0, 0.05) is 8.04 Å². The van der Waals surface area contributed by atoms with Gasteiger partial charge in [0.1, 0.15) is 5.75 Å². The van der Waals surface area contributed by atoms with Crippen LogP contribution in [0.1, 0.15) is 0 Å². The number of alkyl halides is 2. The highest BCUT2D eigenvalue weighted by atomic mass is 127. The number of ether oxygens (including phenoxy) is 1. The van der Waals surface area contributed by atoms with Gasteiger partial charge >= 0.3 is 6.61 Å². The van der Waals surface area contributed by atoms with Crippen molar-refractivity contribution in [2.75, 3.05) is 0 Å². The van der Waals surface area contributed by atoms with Gasteiger partial charge in [0.05, 0.1) is 4.47 Å². The SMILES string of the molecule is FC(F)Oc1cc(Br)cc(I)c1Br. The molecule has 72 valence electrons. The van der Waals surface area contributed by atoms with E-state index in [1.807, 2.05) is 22.6 Å². The van der Waals surface area contributed by atoms with Crippen LogP contribution in [-0.4, -0.2) is 6.61 Å². The summed E-state index contributed by atoms with van der Waals surface area (Å²) in [6, 6.07) is 3.28. The number of hydrogen-bond donors (Lipinski definition) is 0. The van der Waals surface area contributed by atoms with Crippen LogP contribution in [0.15, 0.2) is 21.1 Å². The minimum absolute atomic E-state index is 0.133. The van der Waals surface area contributed by atoms with Crippen LogP contribution in [0.2, 0.25) is 0 Å². The molecule has 0 aliphatic rings. The summed E-state index contributed by atoms with van der Waals surface area (Å²) in [6.07, 6.45) is 0. The van der Waals surface area contributed by atoms with Crippen LogP contribution < -0.4 is 4.74 Å². The lowest BCUT2D eigenvalue weighted by atomic mass is 10.3. The zero-order valence-electron chi connectivity index (χ0n) is 6.03.